The monoisotopic (exact) mass is 366 g/mol. The van der Waals surface area contributed by atoms with Gasteiger partial charge in [0.05, 0.1) is 22.3 Å². The second-order valence-electron chi connectivity index (χ2n) is 3.41. The number of hydrogen-bond donors (Lipinski definition) is 1. The highest BCUT2D eigenvalue weighted by atomic mass is 36.0. The smallest absolute Gasteiger partial charge is 0.211 e. The van der Waals surface area contributed by atoms with Crippen LogP contribution in [0, 0.1) is 0 Å². The quantitative estimate of drug-likeness (QED) is 0.640. The van der Waals surface area contributed by atoms with Crippen molar-refractivity contribution in [3.8, 4) is 0 Å². The molecule has 1 heterocycles. The SMILES string of the molecule is CN(CCCO)c1ccnc(CCl)c1Cl.O=S(Cl)Cl. The van der Waals surface area contributed by atoms with E-state index in [1.165, 1.54) is 0 Å². The topological polar surface area (TPSA) is 53.4 Å². The molecule has 1 aromatic heterocycles. The van der Waals surface area contributed by atoms with Crippen LogP contribution < -0.4 is 4.90 Å². The molecule has 0 aromatic carbocycles. The summed E-state index contributed by atoms with van der Waals surface area (Å²) in [4.78, 5) is 6.06. The van der Waals surface area contributed by atoms with Gasteiger partial charge in [0.25, 0.3) is 0 Å². The lowest BCUT2D eigenvalue weighted by atomic mass is 10.3. The molecule has 1 rings (SSSR count). The van der Waals surface area contributed by atoms with Crippen molar-refractivity contribution in [2.45, 2.75) is 12.3 Å². The van der Waals surface area contributed by atoms with E-state index < -0.39 is 9.23 Å². The van der Waals surface area contributed by atoms with Crippen LogP contribution in [-0.2, 0) is 15.1 Å². The van der Waals surface area contributed by atoms with E-state index in [1.54, 1.807) is 6.20 Å². The van der Waals surface area contributed by atoms with Gasteiger partial charge in [-0.1, -0.05) is 11.6 Å². The summed E-state index contributed by atoms with van der Waals surface area (Å²) in [5.41, 5.74) is 1.59. The predicted octanol–water partition coefficient (Wildman–Crippen LogP) is 3.34. The van der Waals surface area contributed by atoms with Gasteiger partial charge in [-0.05, 0) is 12.5 Å². The molecule has 4 nitrogen and oxygen atoms in total. The van der Waals surface area contributed by atoms with Crippen LogP contribution in [0.25, 0.3) is 0 Å². The van der Waals surface area contributed by atoms with Gasteiger partial charge in [-0.15, -0.1) is 11.6 Å². The molecule has 0 atom stereocenters. The van der Waals surface area contributed by atoms with Gasteiger partial charge < -0.3 is 10.0 Å². The zero-order valence-corrected chi connectivity index (χ0v) is 14.0. The molecule has 0 saturated carbocycles. The summed E-state index contributed by atoms with van der Waals surface area (Å²) in [6, 6.07) is 1.84. The molecule has 0 radical (unpaired) electrons. The number of pyridine rings is 1. The van der Waals surface area contributed by atoms with E-state index in [-0.39, 0.29) is 6.61 Å². The van der Waals surface area contributed by atoms with E-state index in [0.717, 1.165) is 12.2 Å². The maximum atomic E-state index is 9.09. The van der Waals surface area contributed by atoms with E-state index >= 15 is 0 Å². The van der Waals surface area contributed by atoms with Crippen molar-refractivity contribution in [3.63, 3.8) is 0 Å². The Kier molecular flexibility index (Phi) is 11.1. The Bertz CT molecular complexity index is 405. The molecule has 110 valence electrons. The Morgan fingerprint density at radius 1 is 1.47 bits per heavy atom. The van der Waals surface area contributed by atoms with Gasteiger partial charge in [0.2, 0.25) is 9.23 Å². The summed E-state index contributed by atoms with van der Waals surface area (Å²) < 4.78 is 9.09. The first kappa shape index (κ1) is 19.2. The van der Waals surface area contributed by atoms with E-state index in [9.17, 15) is 0 Å². The van der Waals surface area contributed by atoms with Crippen LogP contribution >= 0.6 is 44.6 Å². The molecule has 0 saturated heterocycles. The minimum atomic E-state index is -1.67. The molecule has 0 aliphatic heterocycles. The standard InChI is InChI=1S/C10H14Cl2N2O.Cl2OS/c1-14(5-2-6-15)9-3-4-13-8(7-11)10(9)12;1-4(2)3/h3-4,15H,2,5-7H2,1H3;. The van der Waals surface area contributed by atoms with Crippen LogP contribution in [0.4, 0.5) is 5.69 Å². The summed E-state index contributed by atoms with van der Waals surface area (Å²) in [7, 11) is 9.28. The second-order valence-corrected chi connectivity index (χ2v) is 6.58. The van der Waals surface area contributed by atoms with Gasteiger partial charge in [-0.3, -0.25) is 4.98 Å². The molecule has 9 heteroatoms. The molecular weight excluding hydrogens is 354 g/mol. The maximum Gasteiger partial charge on any atom is 0.211 e. The van der Waals surface area contributed by atoms with E-state index in [2.05, 4.69) is 26.3 Å². The van der Waals surface area contributed by atoms with Crippen LogP contribution in [0.5, 0.6) is 0 Å². The van der Waals surface area contributed by atoms with Crippen molar-refractivity contribution >= 4 is 59.5 Å². The van der Waals surface area contributed by atoms with Gasteiger partial charge >= 0.3 is 0 Å². The minimum absolute atomic E-state index is 0.176. The third-order valence-corrected chi connectivity index (χ3v) is 2.80. The lowest BCUT2D eigenvalue weighted by Crippen LogP contribution is -2.20. The van der Waals surface area contributed by atoms with Crippen LogP contribution in [0.15, 0.2) is 12.3 Å². The first-order valence-corrected chi connectivity index (χ1v) is 8.91. The molecule has 0 aliphatic rings. The highest BCUT2D eigenvalue weighted by Crippen LogP contribution is 2.27. The number of hydrogen-bond acceptors (Lipinski definition) is 4. The van der Waals surface area contributed by atoms with Crippen LogP contribution in [0.3, 0.4) is 0 Å². The number of aliphatic hydroxyl groups is 1. The first-order valence-electron chi connectivity index (χ1n) is 5.19. The maximum absolute atomic E-state index is 9.09. The summed E-state index contributed by atoms with van der Waals surface area (Å²) in [5, 5.41) is 9.33. The number of aromatic nitrogens is 1. The lowest BCUT2D eigenvalue weighted by molar-refractivity contribution is 0.290. The predicted molar refractivity (Wildman–Crippen MR) is 83.6 cm³/mol. The molecule has 0 fully saturated rings. The average molecular weight is 368 g/mol. The Morgan fingerprint density at radius 2 is 2.05 bits per heavy atom. The van der Waals surface area contributed by atoms with Gasteiger partial charge in [0.1, 0.15) is 0 Å². The van der Waals surface area contributed by atoms with Gasteiger partial charge in [0.15, 0.2) is 0 Å². The molecule has 1 aromatic rings. The summed E-state index contributed by atoms with van der Waals surface area (Å²) in [5.74, 6) is 0.306. The van der Waals surface area contributed by atoms with E-state index in [0.29, 0.717) is 23.0 Å². The number of anilines is 1. The fourth-order valence-corrected chi connectivity index (χ4v) is 1.89. The van der Waals surface area contributed by atoms with Crippen molar-refractivity contribution < 1.29 is 9.32 Å². The van der Waals surface area contributed by atoms with Gasteiger partial charge in [0, 0.05) is 47.8 Å². The van der Waals surface area contributed by atoms with Crippen molar-refractivity contribution in [3.05, 3.63) is 23.0 Å². The third-order valence-electron chi connectivity index (χ3n) is 2.13. The fourth-order valence-electron chi connectivity index (χ4n) is 1.29. The van der Waals surface area contributed by atoms with Crippen molar-refractivity contribution in [1.82, 2.24) is 4.98 Å². The highest BCUT2D eigenvalue weighted by Gasteiger charge is 2.09. The number of rotatable bonds is 5. The Balaban J connectivity index is 0.000000711. The summed E-state index contributed by atoms with van der Waals surface area (Å²) in [6.07, 6.45) is 2.40. The molecule has 0 bridgehead atoms. The molecule has 0 spiro atoms. The molecule has 0 unspecified atom stereocenters. The van der Waals surface area contributed by atoms with Crippen molar-refractivity contribution in [2.24, 2.45) is 0 Å². The van der Waals surface area contributed by atoms with E-state index in [1.807, 2.05) is 18.0 Å². The van der Waals surface area contributed by atoms with Crippen molar-refractivity contribution in [1.29, 1.82) is 0 Å². The molecule has 0 aliphatic carbocycles. The average Bonchev–Trinajstić information content (AvgIpc) is 2.35. The fraction of sp³-hybridized carbons (Fsp3) is 0.500. The Labute approximate surface area is 134 Å². The number of alkyl halides is 1. The first-order chi connectivity index (χ1) is 8.93. The van der Waals surface area contributed by atoms with Gasteiger partial charge in [-0.25, -0.2) is 4.21 Å². The summed E-state index contributed by atoms with van der Waals surface area (Å²) in [6.45, 7) is 0.928. The Hall–Kier alpha value is 0.220. The van der Waals surface area contributed by atoms with Gasteiger partial charge in [-0.2, -0.15) is 0 Å². The van der Waals surface area contributed by atoms with E-state index in [4.69, 9.17) is 32.5 Å². The van der Waals surface area contributed by atoms with Crippen molar-refractivity contribution in [2.75, 3.05) is 25.1 Å². The molecular formula is C10H14Cl4N2O2S. The zero-order valence-electron chi connectivity index (χ0n) is 10.2. The molecule has 19 heavy (non-hydrogen) atoms. The van der Waals surface area contributed by atoms with Crippen LogP contribution in [0.2, 0.25) is 5.02 Å². The third kappa shape index (κ3) is 8.17. The minimum Gasteiger partial charge on any atom is -0.396 e. The van der Waals surface area contributed by atoms with Crippen LogP contribution in [0.1, 0.15) is 12.1 Å². The number of nitrogens with zero attached hydrogens (tertiary/aromatic N) is 2. The molecule has 1 N–H and O–H groups in total. The molecule has 0 amide bonds. The zero-order chi connectivity index (χ0) is 14.8. The summed E-state index contributed by atoms with van der Waals surface area (Å²) >= 11 is 11.8. The highest BCUT2D eigenvalue weighted by molar-refractivity contribution is 8.26. The largest absolute Gasteiger partial charge is 0.396 e. The van der Waals surface area contributed by atoms with Crippen LogP contribution in [-0.4, -0.2) is 34.5 Å². The second kappa shape index (κ2) is 10.9. The number of halogens is 4. The lowest BCUT2D eigenvalue weighted by Gasteiger charge is -2.20. The number of aliphatic hydroxyl groups excluding tert-OH is 1. The normalized spacial score (nSPS) is 10.1. The Morgan fingerprint density at radius 3 is 2.53 bits per heavy atom.